The highest BCUT2D eigenvalue weighted by Crippen LogP contribution is 1.86. The van der Waals surface area contributed by atoms with Gasteiger partial charge in [-0.3, -0.25) is 0 Å². The van der Waals surface area contributed by atoms with Crippen molar-refractivity contribution in [2.45, 2.75) is 13.8 Å². The van der Waals surface area contributed by atoms with Crippen LogP contribution in [-0.4, -0.2) is 23.8 Å². The van der Waals surface area contributed by atoms with Gasteiger partial charge in [-0.05, 0) is 13.8 Å². The lowest BCUT2D eigenvalue weighted by atomic mass is 10.5. The van der Waals surface area contributed by atoms with Crippen LogP contribution in [0.25, 0.3) is 0 Å². The standard InChI is InChI=1S/C7H12N2O/c1-6(2)8-5-9-7(3)4-10/h5,10H,3-4H2,1-2H3. The Kier molecular flexibility index (Phi) is 4.41. The molecule has 10 heavy (non-hydrogen) atoms. The third-order valence-corrected chi connectivity index (χ3v) is 0.739. The number of nitrogens with zero attached hydrogens (tertiary/aromatic N) is 2. The lowest BCUT2D eigenvalue weighted by Crippen LogP contribution is -1.85. The fourth-order valence-corrected chi connectivity index (χ4v) is 0.267. The van der Waals surface area contributed by atoms with Crippen LogP contribution in [0.15, 0.2) is 22.3 Å². The first kappa shape index (κ1) is 9.04. The molecule has 56 valence electrons. The highest BCUT2D eigenvalue weighted by atomic mass is 16.3. The first-order chi connectivity index (χ1) is 4.66. The first-order valence-corrected chi connectivity index (χ1v) is 2.99. The van der Waals surface area contributed by atoms with E-state index < -0.39 is 0 Å². The second-order valence-electron chi connectivity index (χ2n) is 2.05. The molecular weight excluding hydrogens is 128 g/mol. The van der Waals surface area contributed by atoms with Crippen molar-refractivity contribution in [1.82, 2.24) is 0 Å². The van der Waals surface area contributed by atoms with E-state index >= 15 is 0 Å². The number of rotatable bonds is 3. The molecule has 0 unspecified atom stereocenters. The Bertz CT molecular complexity index is 166. The van der Waals surface area contributed by atoms with E-state index in [2.05, 4.69) is 16.6 Å². The zero-order chi connectivity index (χ0) is 7.98. The minimum atomic E-state index is -0.116. The molecule has 0 aliphatic carbocycles. The summed E-state index contributed by atoms with van der Waals surface area (Å²) in [4.78, 5) is 7.59. The Hall–Kier alpha value is -0.960. The summed E-state index contributed by atoms with van der Waals surface area (Å²) in [5.74, 6) is 0. The Morgan fingerprint density at radius 2 is 2.20 bits per heavy atom. The van der Waals surface area contributed by atoms with Crippen LogP contribution in [-0.2, 0) is 0 Å². The smallest absolute Gasteiger partial charge is 0.115 e. The van der Waals surface area contributed by atoms with Crippen molar-refractivity contribution in [2.75, 3.05) is 6.61 Å². The van der Waals surface area contributed by atoms with Crippen LogP contribution in [0.2, 0.25) is 0 Å². The molecule has 0 aliphatic rings. The maximum absolute atomic E-state index is 8.44. The minimum Gasteiger partial charge on any atom is -0.390 e. The van der Waals surface area contributed by atoms with Gasteiger partial charge in [0.15, 0.2) is 0 Å². The van der Waals surface area contributed by atoms with Crippen molar-refractivity contribution in [3.63, 3.8) is 0 Å². The zero-order valence-electron chi connectivity index (χ0n) is 6.33. The van der Waals surface area contributed by atoms with Gasteiger partial charge in [0.05, 0.1) is 12.3 Å². The highest BCUT2D eigenvalue weighted by Gasteiger charge is 1.80. The Morgan fingerprint density at radius 1 is 1.60 bits per heavy atom. The molecule has 0 aromatic heterocycles. The predicted octanol–water partition coefficient (Wildman–Crippen LogP) is 1.00. The van der Waals surface area contributed by atoms with Crippen molar-refractivity contribution in [2.24, 2.45) is 9.98 Å². The number of aliphatic hydroxyl groups excluding tert-OH is 1. The molecule has 0 aromatic rings. The van der Waals surface area contributed by atoms with Crippen molar-refractivity contribution in [3.8, 4) is 0 Å². The van der Waals surface area contributed by atoms with Crippen molar-refractivity contribution < 1.29 is 5.11 Å². The molecular formula is C7H12N2O. The summed E-state index contributed by atoms with van der Waals surface area (Å²) < 4.78 is 0. The van der Waals surface area contributed by atoms with E-state index in [1.165, 1.54) is 6.34 Å². The number of aliphatic hydroxyl groups is 1. The molecule has 3 nitrogen and oxygen atoms in total. The predicted molar refractivity (Wildman–Crippen MR) is 43.5 cm³/mol. The normalized spacial score (nSPS) is 9.90. The molecule has 0 radical (unpaired) electrons. The van der Waals surface area contributed by atoms with Gasteiger partial charge in [0.2, 0.25) is 0 Å². The molecule has 0 fully saturated rings. The summed E-state index contributed by atoms with van der Waals surface area (Å²) in [6.07, 6.45) is 1.38. The molecule has 0 aromatic carbocycles. The summed E-state index contributed by atoms with van der Waals surface area (Å²) in [6, 6.07) is 0. The van der Waals surface area contributed by atoms with Crippen LogP contribution < -0.4 is 0 Å². The Morgan fingerprint density at radius 3 is 2.60 bits per heavy atom. The molecule has 0 aliphatic heterocycles. The summed E-state index contributed by atoms with van der Waals surface area (Å²) >= 11 is 0. The number of aliphatic imine (C=N–C) groups is 2. The van der Waals surface area contributed by atoms with Crippen LogP contribution in [0.5, 0.6) is 0 Å². The van der Waals surface area contributed by atoms with Crippen LogP contribution in [0, 0.1) is 0 Å². The number of hydrogen-bond donors (Lipinski definition) is 1. The van der Waals surface area contributed by atoms with E-state index in [9.17, 15) is 0 Å². The molecule has 0 bridgehead atoms. The van der Waals surface area contributed by atoms with Gasteiger partial charge in [0.1, 0.15) is 6.34 Å². The molecule has 0 heterocycles. The van der Waals surface area contributed by atoms with E-state index in [4.69, 9.17) is 5.11 Å². The molecule has 0 atom stereocenters. The molecule has 0 amide bonds. The van der Waals surface area contributed by atoms with Gasteiger partial charge in [0, 0.05) is 5.71 Å². The van der Waals surface area contributed by atoms with Crippen LogP contribution >= 0.6 is 0 Å². The molecule has 0 saturated heterocycles. The third-order valence-electron chi connectivity index (χ3n) is 0.739. The van der Waals surface area contributed by atoms with Crippen molar-refractivity contribution >= 4 is 12.1 Å². The number of hydrogen-bond acceptors (Lipinski definition) is 2. The van der Waals surface area contributed by atoms with Crippen molar-refractivity contribution in [1.29, 1.82) is 0 Å². The molecule has 0 saturated carbocycles. The quantitative estimate of drug-likeness (QED) is 0.461. The van der Waals surface area contributed by atoms with Gasteiger partial charge in [-0.1, -0.05) is 6.58 Å². The fraction of sp³-hybridized carbons (Fsp3) is 0.429. The SMILES string of the molecule is C=C(CO)N=CN=C(C)C. The average molecular weight is 140 g/mol. The minimum absolute atomic E-state index is 0.116. The van der Waals surface area contributed by atoms with E-state index in [-0.39, 0.29) is 6.61 Å². The van der Waals surface area contributed by atoms with Crippen molar-refractivity contribution in [3.05, 3.63) is 12.3 Å². The van der Waals surface area contributed by atoms with Gasteiger partial charge in [-0.15, -0.1) is 0 Å². The monoisotopic (exact) mass is 140 g/mol. The largest absolute Gasteiger partial charge is 0.390 e. The summed E-state index contributed by atoms with van der Waals surface area (Å²) in [5, 5.41) is 8.44. The second-order valence-corrected chi connectivity index (χ2v) is 2.05. The van der Waals surface area contributed by atoms with Crippen LogP contribution in [0.3, 0.4) is 0 Å². The zero-order valence-corrected chi connectivity index (χ0v) is 6.33. The molecule has 0 spiro atoms. The lowest BCUT2D eigenvalue weighted by molar-refractivity contribution is 0.330. The topological polar surface area (TPSA) is 45.0 Å². The average Bonchev–Trinajstić information content (AvgIpc) is 1.87. The Labute approximate surface area is 60.8 Å². The van der Waals surface area contributed by atoms with Gasteiger partial charge >= 0.3 is 0 Å². The van der Waals surface area contributed by atoms with Crippen LogP contribution in [0.4, 0.5) is 0 Å². The summed E-state index contributed by atoms with van der Waals surface area (Å²) in [6.45, 7) is 7.07. The van der Waals surface area contributed by atoms with Crippen LogP contribution in [0.1, 0.15) is 13.8 Å². The molecule has 0 rings (SSSR count). The second kappa shape index (κ2) is 4.88. The maximum atomic E-state index is 8.44. The summed E-state index contributed by atoms with van der Waals surface area (Å²) in [5.41, 5.74) is 1.35. The van der Waals surface area contributed by atoms with E-state index in [1.807, 2.05) is 13.8 Å². The van der Waals surface area contributed by atoms with Gasteiger partial charge in [-0.2, -0.15) is 0 Å². The lowest BCUT2D eigenvalue weighted by Gasteiger charge is -1.87. The Balaban J connectivity index is 3.77. The molecule has 1 N–H and O–H groups in total. The summed E-state index contributed by atoms with van der Waals surface area (Å²) in [7, 11) is 0. The van der Waals surface area contributed by atoms with E-state index in [0.717, 1.165) is 5.71 Å². The first-order valence-electron chi connectivity index (χ1n) is 2.99. The van der Waals surface area contributed by atoms with E-state index in [0.29, 0.717) is 5.70 Å². The van der Waals surface area contributed by atoms with E-state index in [1.54, 1.807) is 0 Å². The fourth-order valence-electron chi connectivity index (χ4n) is 0.267. The van der Waals surface area contributed by atoms with Gasteiger partial charge in [0.25, 0.3) is 0 Å². The third kappa shape index (κ3) is 5.18. The van der Waals surface area contributed by atoms with Gasteiger partial charge < -0.3 is 5.11 Å². The van der Waals surface area contributed by atoms with Gasteiger partial charge in [-0.25, -0.2) is 9.98 Å². The molecule has 3 heteroatoms. The highest BCUT2D eigenvalue weighted by molar-refractivity contribution is 5.86. The maximum Gasteiger partial charge on any atom is 0.115 e.